The first-order valence-corrected chi connectivity index (χ1v) is 8.48. The second-order valence-electron chi connectivity index (χ2n) is 4.54. The van der Waals surface area contributed by atoms with Gasteiger partial charge in [-0.05, 0) is 30.0 Å². The monoisotopic (exact) mass is 279 g/mol. The molecule has 1 aliphatic heterocycles. The maximum absolute atomic E-state index is 4.66. The molecule has 1 fully saturated rings. The molecule has 2 aromatic rings. The fourth-order valence-corrected chi connectivity index (χ4v) is 4.07. The molecule has 0 radical (unpaired) electrons. The van der Waals surface area contributed by atoms with E-state index in [0.717, 1.165) is 22.9 Å². The van der Waals surface area contributed by atoms with Gasteiger partial charge in [-0.1, -0.05) is 6.92 Å². The highest BCUT2D eigenvalue weighted by atomic mass is 32.2. The van der Waals surface area contributed by atoms with E-state index in [1.54, 1.807) is 11.3 Å². The Kier molecular flexibility index (Phi) is 3.70. The lowest BCUT2D eigenvalue weighted by molar-refractivity contribution is 0.682. The number of rotatable bonds is 3. The number of hydrogen-bond acceptors (Lipinski definition) is 5. The quantitative estimate of drug-likeness (QED) is 0.932. The van der Waals surface area contributed by atoms with E-state index in [4.69, 9.17) is 0 Å². The van der Waals surface area contributed by atoms with Gasteiger partial charge in [0.2, 0.25) is 0 Å². The van der Waals surface area contributed by atoms with E-state index in [1.807, 2.05) is 11.8 Å². The number of nitrogens with zero attached hydrogens (tertiary/aromatic N) is 2. The number of aromatic nitrogens is 2. The third-order valence-corrected chi connectivity index (χ3v) is 5.21. The summed E-state index contributed by atoms with van der Waals surface area (Å²) in [6.45, 7) is 2.11. The van der Waals surface area contributed by atoms with Crippen molar-refractivity contribution < 1.29 is 0 Å². The van der Waals surface area contributed by atoms with Crippen molar-refractivity contribution in [3.63, 3.8) is 0 Å². The Bertz CT molecular complexity index is 532. The lowest BCUT2D eigenvalue weighted by Gasteiger charge is -2.23. The maximum Gasteiger partial charge on any atom is 0.138 e. The molecule has 3 heterocycles. The number of nitrogens with one attached hydrogen (secondary N) is 1. The van der Waals surface area contributed by atoms with Crippen LogP contribution in [0.4, 0.5) is 5.82 Å². The highest BCUT2D eigenvalue weighted by Crippen LogP contribution is 2.27. The first-order chi connectivity index (χ1) is 8.86. The van der Waals surface area contributed by atoms with Gasteiger partial charge in [0.1, 0.15) is 16.5 Å². The fourth-order valence-electron chi connectivity index (χ4n) is 2.22. The molecule has 18 heavy (non-hydrogen) atoms. The third kappa shape index (κ3) is 2.47. The Hall–Kier alpha value is -0.810. The standard InChI is InChI=1S/C13H17N3S2/c1-2-11-15-12(10-5-7-18-13(10)16-11)14-9-4-3-6-17-8-9/h5,7,9H,2-4,6,8H2,1H3,(H,14,15,16). The molecule has 1 aliphatic rings. The van der Waals surface area contributed by atoms with Crippen molar-refractivity contribution in [3.8, 4) is 0 Å². The zero-order valence-corrected chi connectivity index (χ0v) is 12.1. The van der Waals surface area contributed by atoms with Gasteiger partial charge < -0.3 is 5.32 Å². The van der Waals surface area contributed by atoms with Gasteiger partial charge in [0.05, 0.1) is 5.39 Å². The zero-order valence-electron chi connectivity index (χ0n) is 10.5. The van der Waals surface area contributed by atoms with Gasteiger partial charge in [-0.25, -0.2) is 9.97 Å². The molecule has 0 amide bonds. The van der Waals surface area contributed by atoms with Crippen LogP contribution in [0.2, 0.25) is 0 Å². The minimum Gasteiger partial charge on any atom is -0.366 e. The van der Waals surface area contributed by atoms with Gasteiger partial charge in [0, 0.05) is 18.2 Å². The molecule has 1 atom stereocenters. The summed E-state index contributed by atoms with van der Waals surface area (Å²) in [4.78, 5) is 10.3. The van der Waals surface area contributed by atoms with Gasteiger partial charge in [-0.3, -0.25) is 0 Å². The van der Waals surface area contributed by atoms with Gasteiger partial charge >= 0.3 is 0 Å². The van der Waals surface area contributed by atoms with Crippen LogP contribution in [0.5, 0.6) is 0 Å². The molecule has 3 rings (SSSR count). The average Bonchev–Trinajstić information content (AvgIpc) is 2.88. The second-order valence-corrected chi connectivity index (χ2v) is 6.58. The molecule has 0 aromatic carbocycles. The normalized spacial score (nSPS) is 20.2. The molecule has 0 bridgehead atoms. The van der Waals surface area contributed by atoms with Gasteiger partial charge in [-0.15, -0.1) is 11.3 Å². The van der Waals surface area contributed by atoms with Crippen LogP contribution in [0.25, 0.3) is 10.2 Å². The van der Waals surface area contributed by atoms with Crippen molar-refractivity contribution in [3.05, 3.63) is 17.3 Å². The molecule has 0 spiro atoms. The van der Waals surface area contributed by atoms with Crippen molar-refractivity contribution in [2.45, 2.75) is 32.2 Å². The molecule has 2 aromatic heterocycles. The predicted octanol–water partition coefficient (Wildman–Crippen LogP) is 3.56. The lowest BCUT2D eigenvalue weighted by Crippen LogP contribution is -2.26. The van der Waals surface area contributed by atoms with Crippen LogP contribution in [0, 0.1) is 0 Å². The molecular weight excluding hydrogens is 262 g/mol. The summed E-state index contributed by atoms with van der Waals surface area (Å²) in [5.74, 6) is 4.47. The van der Waals surface area contributed by atoms with E-state index in [-0.39, 0.29) is 0 Å². The highest BCUT2D eigenvalue weighted by molar-refractivity contribution is 7.99. The number of thiophene rings is 1. The maximum atomic E-state index is 4.66. The van der Waals surface area contributed by atoms with Crippen LogP contribution in [0.15, 0.2) is 11.4 Å². The summed E-state index contributed by atoms with van der Waals surface area (Å²) in [7, 11) is 0. The first-order valence-electron chi connectivity index (χ1n) is 6.45. The minimum atomic E-state index is 0.562. The van der Waals surface area contributed by atoms with Crippen LogP contribution in [-0.2, 0) is 6.42 Å². The van der Waals surface area contributed by atoms with Gasteiger partial charge in [-0.2, -0.15) is 11.8 Å². The summed E-state index contributed by atoms with van der Waals surface area (Å²) < 4.78 is 0. The summed E-state index contributed by atoms with van der Waals surface area (Å²) in [6, 6.07) is 2.68. The first kappa shape index (κ1) is 12.2. The number of aryl methyl sites for hydroxylation is 1. The molecule has 1 saturated heterocycles. The topological polar surface area (TPSA) is 37.8 Å². The third-order valence-electron chi connectivity index (χ3n) is 3.19. The van der Waals surface area contributed by atoms with E-state index in [2.05, 4.69) is 33.7 Å². The van der Waals surface area contributed by atoms with Crippen LogP contribution in [-0.4, -0.2) is 27.5 Å². The van der Waals surface area contributed by atoms with E-state index in [0.29, 0.717) is 6.04 Å². The Labute approximate surface area is 115 Å². The largest absolute Gasteiger partial charge is 0.366 e. The fraction of sp³-hybridized carbons (Fsp3) is 0.538. The number of fused-ring (bicyclic) bond motifs is 1. The average molecular weight is 279 g/mol. The van der Waals surface area contributed by atoms with Crippen molar-refractivity contribution in [1.82, 2.24) is 9.97 Å². The van der Waals surface area contributed by atoms with Crippen molar-refractivity contribution >= 4 is 39.1 Å². The smallest absolute Gasteiger partial charge is 0.138 e. The van der Waals surface area contributed by atoms with Crippen LogP contribution in [0.1, 0.15) is 25.6 Å². The molecule has 1 unspecified atom stereocenters. The predicted molar refractivity (Wildman–Crippen MR) is 80.8 cm³/mol. The van der Waals surface area contributed by atoms with E-state index in [9.17, 15) is 0 Å². The lowest BCUT2D eigenvalue weighted by atomic mass is 10.2. The Balaban J connectivity index is 1.91. The summed E-state index contributed by atoms with van der Waals surface area (Å²) in [5.41, 5.74) is 0. The van der Waals surface area contributed by atoms with Crippen molar-refractivity contribution in [2.24, 2.45) is 0 Å². The van der Waals surface area contributed by atoms with Crippen LogP contribution in [0.3, 0.4) is 0 Å². The Morgan fingerprint density at radius 2 is 2.39 bits per heavy atom. The molecule has 0 saturated carbocycles. The summed E-state index contributed by atoms with van der Waals surface area (Å²) in [6.07, 6.45) is 3.45. The van der Waals surface area contributed by atoms with Gasteiger partial charge in [0.25, 0.3) is 0 Å². The number of thioether (sulfide) groups is 1. The van der Waals surface area contributed by atoms with E-state index in [1.165, 1.54) is 29.7 Å². The van der Waals surface area contributed by atoms with Crippen molar-refractivity contribution in [2.75, 3.05) is 16.8 Å². The molecule has 3 nitrogen and oxygen atoms in total. The van der Waals surface area contributed by atoms with Gasteiger partial charge in [0.15, 0.2) is 0 Å². The van der Waals surface area contributed by atoms with E-state index >= 15 is 0 Å². The van der Waals surface area contributed by atoms with Crippen molar-refractivity contribution in [1.29, 1.82) is 0 Å². The molecular formula is C13H17N3S2. The highest BCUT2D eigenvalue weighted by Gasteiger charge is 2.16. The molecule has 96 valence electrons. The number of anilines is 1. The van der Waals surface area contributed by atoms with Crippen LogP contribution >= 0.6 is 23.1 Å². The SMILES string of the molecule is CCc1nc(NC2CCCSC2)c2ccsc2n1. The zero-order chi connectivity index (χ0) is 12.4. The summed E-state index contributed by atoms with van der Waals surface area (Å²) in [5, 5.41) is 6.89. The Morgan fingerprint density at radius 3 is 3.17 bits per heavy atom. The molecule has 0 aliphatic carbocycles. The second kappa shape index (κ2) is 5.45. The molecule has 5 heteroatoms. The van der Waals surface area contributed by atoms with E-state index < -0.39 is 0 Å². The van der Waals surface area contributed by atoms with Crippen LogP contribution < -0.4 is 5.32 Å². The summed E-state index contributed by atoms with van der Waals surface area (Å²) >= 11 is 3.73. The Morgan fingerprint density at radius 1 is 1.44 bits per heavy atom. The molecule has 1 N–H and O–H groups in total. The minimum absolute atomic E-state index is 0.562. The number of hydrogen-bond donors (Lipinski definition) is 1.